The molecule has 0 aromatic heterocycles. The van der Waals surface area contributed by atoms with E-state index in [1.165, 1.54) is 36.4 Å². The van der Waals surface area contributed by atoms with Crippen molar-refractivity contribution in [2.75, 3.05) is 39.6 Å². The summed E-state index contributed by atoms with van der Waals surface area (Å²) in [5.41, 5.74) is 3.50. The van der Waals surface area contributed by atoms with E-state index in [1.54, 1.807) is 54.6 Å². The van der Waals surface area contributed by atoms with Crippen molar-refractivity contribution in [2.24, 2.45) is 0 Å². The molecule has 7 aromatic carbocycles. The molecule has 3 N–H and O–H groups in total. The van der Waals surface area contributed by atoms with Gasteiger partial charge in [0.2, 0.25) is 34.9 Å². The Morgan fingerprint density at radius 1 is 0.346 bits per heavy atom. The molecule has 7 rings (SSSR count). The zero-order valence-corrected chi connectivity index (χ0v) is 40.9. The minimum absolute atomic E-state index is 0.164. The minimum Gasteiger partial charge on any atom is -0.490 e. The first-order chi connectivity index (χ1) is 36.9. The highest BCUT2D eigenvalue weighted by Crippen LogP contribution is 2.39. The van der Waals surface area contributed by atoms with Gasteiger partial charge in [-0.25, -0.2) is 31.6 Å². The Hall–Kier alpha value is -7.45. The van der Waals surface area contributed by atoms with Crippen molar-refractivity contribution in [3.63, 3.8) is 0 Å². The van der Waals surface area contributed by atoms with Gasteiger partial charge in [0.05, 0.1) is 12.0 Å². The fourth-order valence-electron chi connectivity index (χ4n) is 7.00. The predicted octanol–water partition coefficient (Wildman–Crippen LogP) is 11.7. The Kier molecular flexibility index (Phi) is 18.3. The lowest BCUT2D eigenvalue weighted by molar-refractivity contribution is -0.432. The van der Waals surface area contributed by atoms with Crippen LogP contribution >= 0.6 is 12.0 Å². The van der Waals surface area contributed by atoms with E-state index in [0.29, 0.717) is 33.4 Å². The number of halogens is 12. The molecule has 0 fully saturated rings. The summed E-state index contributed by atoms with van der Waals surface area (Å²) in [7, 11) is -11.4. The molecule has 0 saturated heterocycles. The van der Waals surface area contributed by atoms with E-state index in [1.807, 2.05) is 0 Å². The van der Waals surface area contributed by atoms with Crippen LogP contribution in [0.3, 0.4) is 0 Å². The molecule has 78 heavy (non-hydrogen) atoms. The van der Waals surface area contributed by atoms with Crippen LogP contribution in [0, 0.1) is 69.8 Å². The summed E-state index contributed by atoms with van der Waals surface area (Å²) in [6, 6.07) is 23.9. The lowest BCUT2D eigenvalue weighted by Gasteiger charge is -2.14. The number of hydrogen-bond donors (Lipinski definition) is 3. The smallest absolute Gasteiger partial charge is 0.300 e. The topological polar surface area (TPSA) is 203 Å². The number of hydrogen-bond acceptors (Lipinski definition) is 14. The van der Waals surface area contributed by atoms with Gasteiger partial charge in [-0.1, -0.05) is 41.4 Å². The van der Waals surface area contributed by atoms with Gasteiger partial charge in [0.15, 0.2) is 61.9 Å². The second-order valence-corrected chi connectivity index (χ2v) is 18.8. The van der Waals surface area contributed by atoms with Gasteiger partial charge in [0, 0.05) is 0 Å². The summed E-state index contributed by atoms with van der Waals surface area (Å²) < 4.78 is 270. The van der Waals surface area contributed by atoms with Gasteiger partial charge < -0.3 is 28.4 Å². The van der Waals surface area contributed by atoms with Gasteiger partial charge in [0.25, 0.3) is 0 Å². The summed E-state index contributed by atoms with van der Waals surface area (Å²) in [4.78, 5) is -5.79. The lowest BCUT2D eigenvalue weighted by Crippen LogP contribution is -2.15. The van der Waals surface area contributed by atoms with Crippen molar-refractivity contribution in [3.05, 3.63) is 161 Å². The number of ether oxygens (including phenoxy) is 6. The Bertz CT molecular complexity index is 3340. The monoisotopic (exact) mass is 1170 g/mol. The van der Waals surface area contributed by atoms with Gasteiger partial charge in [-0.2, -0.15) is 43.2 Å². The fourth-order valence-corrected chi connectivity index (χ4v) is 8.69. The van der Waals surface area contributed by atoms with Gasteiger partial charge in [-0.3, -0.25) is 9.11 Å². The molecule has 0 atom stereocenters. The van der Waals surface area contributed by atoms with Crippen LogP contribution in [0.5, 0.6) is 34.5 Å². The summed E-state index contributed by atoms with van der Waals surface area (Å²) >= 11 is -0.349. The Balaban J connectivity index is 1.06. The average Bonchev–Trinajstić information content (AvgIpc) is 3.57. The van der Waals surface area contributed by atoms with Crippen LogP contribution in [-0.2, 0) is 29.6 Å². The molecule has 30 heteroatoms. The van der Waals surface area contributed by atoms with E-state index >= 15 is 0 Å². The van der Waals surface area contributed by atoms with Crippen molar-refractivity contribution < 1.29 is 122 Å². The minimum atomic E-state index is -5.70. The van der Waals surface area contributed by atoms with Crippen LogP contribution in [0.4, 0.5) is 52.7 Å². The van der Waals surface area contributed by atoms with Crippen molar-refractivity contribution in [2.45, 2.75) is 14.7 Å². The molecule has 0 heterocycles. The molecular formula is C48H30F12O15S3. The largest absolute Gasteiger partial charge is 0.490 e. The second kappa shape index (κ2) is 24.5. The maximum Gasteiger partial charge on any atom is 0.300 e. The molecule has 0 aliphatic carbocycles. The summed E-state index contributed by atoms with van der Waals surface area (Å²) in [6.07, 6.45) is 0. The van der Waals surface area contributed by atoms with Crippen LogP contribution in [-0.4, -0.2) is 70.8 Å². The summed E-state index contributed by atoms with van der Waals surface area (Å²) in [6.45, 7) is -3.34. The predicted molar refractivity (Wildman–Crippen MR) is 245 cm³/mol. The van der Waals surface area contributed by atoms with E-state index in [0.717, 1.165) is 0 Å². The molecule has 414 valence electrons. The SMILES string of the molecule is O=S(=O)(O)c1c(F)c(F)c(OCCOc2ccc(-c3cc(-c4ccc(OCCOc5c(F)c(F)c(SOOO)c(F)c5F)cc4)cc(-c4ccc(OCCOc5c(F)c(F)c(S(=O)(=O)O)c(F)c5F)cc4)c3)cc2)c(F)c1F. The average molecular weight is 1170 g/mol. The normalized spacial score (nSPS) is 11.7. The molecule has 0 saturated carbocycles. The highest BCUT2D eigenvalue weighted by Gasteiger charge is 2.35. The first-order valence-corrected chi connectivity index (χ1v) is 25.0. The molecule has 0 aliphatic heterocycles. The lowest BCUT2D eigenvalue weighted by atomic mass is 9.93. The van der Waals surface area contributed by atoms with Crippen molar-refractivity contribution in [1.82, 2.24) is 0 Å². The van der Waals surface area contributed by atoms with E-state index in [-0.39, 0.29) is 35.9 Å². The highest BCUT2D eigenvalue weighted by molar-refractivity contribution is 7.94. The third-order valence-corrected chi connectivity index (χ3v) is 12.9. The molecular weight excluding hydrogens is 1140 g/mol. The Morgan fingerprint density at radius 2 is 0.590 bits per heavy atom. The fraction of sp³-hybridized carbons (Fsp3) is 0.125. The molecule has 15 nitrogen and oxygen atoms in total. The second-order valence-electron chi connectivity index (χ2n) is 15.4. The van der Waals surface area contributed by atoms with Gasteiger partial charge >= 0.3 is 20.2 Å². The molecule has 0 unspecified atom stereocenters. The zero-order valence-electron chi connectivity index (χ0n) is 38.4. The van der Waals surface area contributed by atoms with Gasteiger partial charge in [-0.05, 0) is 88.0 Å². The third-order valence-electron chi connectivity index (χ3n) is 10.5. The van der Waals surface area contributed by atoms with Crippen molar-refractivity contribution in [3.8, 4) is 67.9 Å². The van der Waals surface area contributed by atoms with Crippen LogP contribution in [0.2, 0.25) is 0 Å². The van der Waals surface area contributed by atoms with Crippen LogP contribution in [0.15, 0.2) is 106 Å². The van der Waals surface area contributed by atoms with Crippen LogP contribution < -0.4 is 28.4 Å². The van der Waals surface area contributed by atoms with Crippen molar-refractivity contribution in [1.29, 1.82) is 0 Å². The molecule has 0 radical (unpaired) electrons. The van der Waals surface area contributed by atoms with E-state index < -0.39 is 155 Å². The van der Waals surface area contributed by atoms with E-state index in [2.05, 4.69) is 9.37 Å². The first-order valence-electron chi connectivity index (χ1n) is 21.3. The molecule has 0 bridgehead atoms. The maximum absolute atomic E-state index is 14.5. The summed E-state index contributed by atoms with van der Waals surface area (Å²) in [5.74, 6) is -30.3. The third kappa shape index (κ3) is 12.9. The number of rotatable bonds is 23. The molecule has 0 spiro atoms. The van der Waals surface area contributed by atoms with Crippen LogP contribution in [0.25, 0.3) is 33.4 Å². The van der Waals surface area contributed by atoms with Crippen molar-refractivity contribution >= 4 is 32.3 Å². The quantitative estimate of drug-likeness (QED) is 0.0104. The maximum atomic E-state index is 14.5. The molecule has 0 amide bonds. The summed E-state index contributed by atoms with van der Waals surface area (Å²) in [5, 5.41) is 11.4. The van der Waals surface area contributed by atoms with Gasteiger partial charge in [0.1, 0.15) is 61.8 Å². The zero-order chi connectivity index (χ0) is 56.8. The Labute approximate surface area is 435 Å². The molecule has 0 aliphatic rings. The Morgan fingerprint density at radius 3 is 0.833 bits per heavy atom. The first kappa shape index (κ1) is 58.2. The van der Waals surface area contributed by atoms with E-state index in [4.69, 9.17) is 42.8 Å². The molecule has 7 aromatic rings. The standard InChI is InChI=1S/C48H30F12O15S3/c49-31-37(55)46(76-75-74-61)38(56)32(50)43(31)71-16-13-68-28-7-1-22(2-8-28)25-19-26(23-3-9-29(10-4-23)69-14-17-72-44-33(51)39(57)47(77(62,63)64)40(58)34(44)52)21-27(20-25)24-5-11-30(12-6-24)70-15-18-73-45-35(53)41(59)48(78(65,66)67)42(60)36(45)54/h1-12,19-21,61H,13-18H2,(H,62,63,64)(H,65,66,67). The highest BCUT2D eigenvalue weighted by atomic mass is 32.2. The van der Waals surface area contributed by atoms with Crippen LogP contribution in [0.1, 0.15) is 0 Å². The van der Waals surface area contributed by atoms with E-state index in [9.17, 15) is 69.5 Å². The van der Waals surface area contributed by atoms with Gasteiger partial charge in [-0.15, -0.1) is 4.33 Å². The number of benzene rings is 7.